The van der Waals surface area contributed by atoms with Crippen LogP contribution in [0.15, 0.2) is 48.5 Å². The summed E-state index contributed by atoms with van der Waals surface area (Å²) in [6, 6.07) is 17.8. The first-order valence-electron chi connectivity index (χ1n) is 5.97. The Morgan fingerprint density at radius 3 is 2.79 bits per heavy atom. The molecule has 1 heterocycles. The summed E-state index contributed by atoms with van der Waals surface area (Å²) >= 11 is 0. The second-order valence-electron chi connectivity index (χ2n) is 4.11. The van der Waals surface area contributed by atoms with Crippen molar-refractivity contribution in [1.29, 1.82) is 0 Å². The first kappa shape index (κ1) is 11.5. The van der Waals surface area contributed by atoms with E-state index in [2.05, 4.69) is 16.4 Å². The van der Waals surface area contributed by atoms with Gasteiger partial charge in [-0.2, -0.15) is 0 Å². The Hall–Kier alpha value is -2.62. The van der Waals surface area contributed by atoms with Crippen LogP contribution in [0.5, 0.6) is 0 Å². The Morgan fingerprint density at radius 1 is 1.26 bits per heavy atom. The van der Waals surface area contributed by atoms with Gasteiger partial charge in [0.05, 0.1) is 11.0 Å². The maximum Gasteiger partial charge on any atom is 0.327 e. The monoisotopic (exact) mass is 250 g/mol. The summed E-state index contributed by atoms with van der Waals surface area (Å²) in [7, 11) is 1.61. The highest BCUT2D eigenvalue weighted by Crippen LogP contribution is 2.24. The van der Waals surface area contributed by atoms with E-state index in [0.29, 0.717) is 5.82 Å². The van der Waals surface area contributed by atoms with Crippen molar-refractivity contribution in [2.75, 3.05) is 7.05 Å². The summed E-state index contributed by atoms with van der Waals surface area (Å²) in [6.45, 7) is 0. The van der Waals surface area contributed by atoms with Gasteiger partial charge in [0.2, 0.25) is 0 Å². The molecule has 2 aromatic carbocycles. The number of hydrogen-bond acceptors (Lipinski definition) is 2. The number of rotatable bonds is 1. The molecule has 3 rings (SSSR count). The average molecular weight is 250 g/mol. The van der Waals surface area contributed by atoms with Crippen LogP contribution >= 0.6 is 0 Å². The number of nitrogens with zero attached hydrogens (tertiary/aromatic N) is 2. The summed E-state index contributed by atoms with van der Waals surface area (Å²) < 4.78 is 1.57. The van der Waals surface area contributed by atoms with E-state index in [1.807, 2.05) is 36.4 Å². The molecular formula is C15H12N3O. The molecule has 19 heavy (non-hydrogen) atoms. The van der Waals surface area contributed by atoms with Gasteiger partial charge in [0.15, 0.2) is 0 Å². The van der Waals surface area contributed by atoms with E-state index in [4.69, 9.17) is 0 Å². The number of carbonyl (C=O) groups excluding carboxylic acids is 1. The standard InChI is InChI=1S/C15H12N3O/c1-16-15(19)18-13-10-6-5-9-12(13)17-14(18)11-7-3-2-4-8-11/h2-5,7-10H,1H3,(H,16,19). The molecule has 0 aliphatic heterocycles. The summed E-state index contributed by atoms with van der Waals surface area (Å²) in [4.78, 5) is 16.6. The van der Waals surface area contributed by atoms with Crippen LogP contribution in [0, 0.1) is 6.07 Å². The van der Waals surface area contributed by atoms with Crippen molar-refractivity contribution < 1.29 is 4.79 Å². The van der Waals surface area contributed by atoms with Gasteiger partial charge in [0.1, 0.15) is 5.82 Å². The molecule has 0 aliphatic carbocycles. The smallest absolute Gasteiger partial charge is 0.327 e. The lowest BCUT2D eigenvalue weighted by Gasteiger charge is -2.06. The summed E-state index contributed by atoms with van der Waals surface area (Å²) in [5.74, 6) is 0.634. The average Bonchev–Trinajstić information content (AvgIpc) is 2.87. The maximum absolute atomic E-state index is 12.1. The lowest BCUT2D eigenvalue weighted by atomic mass is 10.2. The zero-order valence-corrected chi connectivity index (χ0v) is 10.4. The Morgan fingerprint density at radius 2 is 2.05 bits per heavy atom. The van der Waals surface area contributed by atoms with Crippen LogP contribution in [0.2, 0.25) is 0 Å². The van der Waals surface area contributed by atoms with E-state index in [1.54, 1.807) is 23.7 Å². The predicted molar refractivity (Wildman–Crippen MR) is 73.9 cm³/mol. The van der Waals surface area contributed by atoms with Gasteiger partial charge in [-0.05, 0) is 18.2 Å². The zero-order valence-electron chi connectivity index (χ0n) is 10.4. The molecule has 3 aromatic rings. The van der Waals surface area contributed by atoms with Crippen molar-refractivity contribution in [1.82, 2.24) is 14.9 Å². The number of nitrogens with one attached hydrogen (secondary N) is 1. The predicted octanol–water partition coefficient (Wildman–Crippen LogP) is 2.69. The summed E-state index contributed by atoms with van der Waals surface area (Å²) in [5, 5.41) is 2.64. The van der Waals surface area contributed by atoms with E-state index in [1.165, 1.54) is 0 Å². The topological polar surface area (TPSA) is 46.9 Å². The molecule has 1 aromatic heterocycles. The number of amides is 1. The van der Waals surface area contributed by atoms with Crippen molar-refractivity contribution >= 4 is 17.1 Å². The van der Waals surface area contributed by atoms with E-state index in [-0.39, 0.29) is 6.03 Å². The van der Waals surface area contributed by atoms with Gasteiger partial charge in [-0.3, -0.25) is 0 Å². The van der Waals surface area contributed by atoms with Gasteiger partial charge in [-0.15, -0.1) is 0 Å². The van der Waals surface area contributed by atoms with Crippen LogP contribution in [0.3, 0.4) is 0 Å². The van der Waals surface area contributed by atoms with Gasteiger partial charge < -0.3 is 5.32 Å². The van der Waals surface area contributed by atoms with Crippen molar-refractivity contribution in [2.45, 2.75) is 0 Å². The molecule has 93 valence electrons. The number of aromatic nitrogens is 2. The Kier molecular flexibility index (Phi) is 2.76. The molecule has 0 atom stereocenters. The number of hydrogen-bond donors (Lipinski definition) is 1. The lowest BCUT2D eigenvalue weighted by molar-refractivity contribution is 0.245. The van der Waals surface area contributed by atoms with Gasteiger partial charge >= 0.3 is 6.03 Å². The van der Waals surface area contributed by atoms with Crippen LogP contribution in [-0.2, 0) is 0 Å². The van der Waals surface area contributed by atoms with Gasteiger partial charge in [0, 0.05) is 12.6 Å². The molecular weight excluding hydrogens is 238 g/mol. The zero-order chi connectivity index (χ0) is 13.2. The fraction of sp³-hybridized carbons (Fsp3) is 0.0667. The van der Waals surface area contributed by atoms with Crippen LogP contribution in [-0.4, -0.2) is 22.6 Å². The molecule has 1 radical (unpaired) electrons. The van der Waals surface area contributed by atoms with E-state index in [9.17, 15) is 4.79 Å². The SMILES string of the molecule is CNC(=O)n1c(-c2ccccc2)nc2cc[c]cc21. The van der Waals surface area contributed by atoms with Gasteiger partial charge in [-0.25, -0.2) is 14.3 Å². The molecule has 0 saturated heterocycles. The largest absolute Gasteiger partial charge is 0.340 e. The van der Waals surface area contributed by atoms with E-state index >= 15 is 0 Å². The van der Waals surface area contributed by atoms with Gasteiger partial charge in [0.25, 0.3) is 0 Å². The van der Waals surface area contributed by atoms with Crippen LogP contribution < -0.4 is 5.32 Å². The number of imidazole rings is 1. The maximum atomic E-state index is 12.1. The second kappa shape index (κ2) is 4.57. The minimum atomic E-state index is -0.207. The highest BCUT2D eigenvalue weighted by Gasteiger charge is 2.16. The Labute approximate surface area is 110 Å². The highest BCUT2D eigenvalue weighted by atomic mass is 16.2. The van der Waals surface area contributed by atoms with Crippen LogP contribution in [0.25, 0.3) is 22.4 Å². The molecule has 0 saturated carbocycles. The van der Waals surface area contributed by atoms with Crippen molar-refractivity contribution in [3.63, 3.8) is 0 Å². The Bertz CT molecular complexity index is 731. The molecule has 0 aliphatic rings. The molecule has 0 unspecified atom stereocenters. The molecule has 4 heteroatoms. The molecule has 4 nitrogen and oxygen atoms in total. The molecule has 0 spiro atoms. The number of benzene rings is 2. The fourth-order valence-corrected chi connectivity index (χ4v) is 2.06. The number of fused-ring (bicyclic) bond motifs is 1. The van der Waals surface area contributed by atoms with Gasteiger partial charge in [-0.1, -0.05) is 36.4 Å². The molecule has 1 N–H and O–H groups in total. The summed E-state index contributed by atoms with van der Waals surface area (Å²) in [6.07, 6.45) is 0. The third kappa shape index (κ3) is 1.87. The third-order valence-corrected chi connectivity index (χ3v) is 2.95. The lowest BCUT2D eigenvalue weighted by Crippen LogP contribution is -2.25. The van der Waals surface area contributed by atoms with Crippen molar-refractivity contribution in [3.8, 4) is 11.4 Å². The molecule has 1 amide bonds. The quantitative estimate of drug-likeness (QED) is 0.721. The molecule has 0 bridgehead atoms. The fourth-order valence-electron chi connectivity index (χ4n) is 2.06. The van der Waals surface area contributed by atoms with Crippen LogP contribution in [0.4, 0.5) is 4.79 Å². The van der Waals surface area contributed by atoms with Crippen molar-refractivity contribution in [2.24, 2.45) is 0 Å². The van der Waals surface area contributed by atoms with E-state index < -0.39 is 0 Å². The second-order valence-corrected chi connectivity index (χ2v) is 4.11. The van der Waals surface area contributed by atoms with Crippen LogP contribution in [0.1, 0.15) is 0 Å². The van der Waals surface area contributed by atoms with E-state index in [0.717, 1.165) is 16.6 Å². The third-order valence-electron chi connectivity index (χ3n) is 2.95. The first-order valence-corrected chi connectivity index (χ1v) is 5.97. The normalized spacial score (nSPS) is 10.6. The summed E-state index contributed by atoms with van der Waals surface area (Å²) in [5.41, 5.74) is 2.43. The Balaban J connectivity index is 2.32. The molecule has 0 fully saturated rings. The first-order chi connectivity index (χ1) is 9.31. The number of carbonyl (C=O) groups is 1. The highest BCUT2D eigenvalue weighted by molar-refractivity contribution is 5.93. The minimum absolute atomic E-state index is 0.207. The minimum Gasteiger partial charge on any atom is -0.340 e. The van der Waals surface area contributed by atoms with Crippen molar-refractivity contribution in [3.05, 3.63) is 54.6 Å².